The largest absolute Gasteiger partial charge is 0.496 e. The van der Waals surface area contributed by atoms with E-state index in [0.717, 1.165) is 25.7 Å². The number of hydrogen-bond acceptors (Lipinski definition) is 6. The summed E-state index contributed by atoms with van der Waals surface area (Å²) in [7, 11) is 1.58. The average Bonchev–Trinajstić information content (AvgIpc) is 3.56. The molecule has 5 rings (SSSR count). The van der Waals surface area contributed by atoms with Gasteiger partial charge in [0.2, 0.25) is 12.7 Å². The quantitative estimate of drug-likeness (QED) is 0.705. The van der Waals surface area contributed by atoms with Gasteiger partial charge in [-0.25, -0.2) is 0 Å². The van der Waals surface area contributed by atoms with Crippen molar-refractivity contribution in [3.63, 3.8) is 0 Å². The molecule has 2 aromatic carbocycles. The maximum Gasteiger partial charge on any atom is 0.257 e. The summed E-state index contributed by atoms with van der Waals surface area (Å²) in [6.45, 7) is 2.69. The summed E-state index contributed by atoms with van der Waals surface area (Å²) in [6, 6.07) is 12.6. The SMILES string of the molecule is COc1ccccc1C(=O)N1CCN([C@H](C(=O)Nc2ccc3c(c2)OCO3)C2CCCC2)CC1. The Balaban J connectivity index is 1.27. The van der Waals surface area contributed by atoms with Gasteiger partial charge in [0.05, 0.1) is 18.7 Å². The van der Waals surface area contributed by atoms with Crippen LogP contribution in [0.3, 0.4) is 0 Å². The smallest absolute Gasteiger partial charge is 0.257 e. The Kier molecular flexibility index (Phi) is 6.58. The highest BCUT2D eigenvalue weighted by Crippen LogP contribution is 2.35. The minimum Gasteiger partial charge on any atom is -0.496 e. The first kappa shape index (κ1) is 22.5. The number of methoxy groups -OCH3 is 1. The lowest BCUT2D eigenvalue weighted by molar-refractivity contribution is -0.123. The van der Waals surface area contributed by atoms with Crippen molar-refractivity contribution < 1.29 is 23.8 Å². The van der Waals surface area contributed by atoms with Gasteiger partial charge in [-0.05, 0) is 43.0 Å². The third kappa shape index (κ3) is 4.55. The van der Waals surface area contributed by atoms with Crippen LogP contribution in [0.5, 0.6) is 17.2 Å². The Morgan fingerprint density at radius 1 is 1.00 bits per heavy atom. The zero-order valence-corrected chi connectivity index (χ0v) is 19.5. The number of amides is 2. The first-order valence-corrected chi connectivity index (χ1v) is 12.0. The fraction of sp³-hybridized carbons (Fsp3) is 0.462. The van der Waals surface area contributed by atoms with E-state index in [1.54, 1.807) is 19.2 Å². The van der Waals surface area contributed by atoms with Crippen LogP contribution in [-0.2, 0) is 4.79 Å². The summed E-state index contributed by atoms with van der Waals surface area (Å²) in [6.07, 6.45) is 4.43. The molecule has 1 saturated heterocycles. The van der Waals surface area contributed by atoms with Gasteiger partial charge in [0.15, 0.2) is 11.5 Å². The lowest BCUT2D eigenvalue weighted by Gasteiger charge is -2.40. The van der Waals surface area contributed by atoms with Crippen molar-refractivity contribution >= 4 is 17.5 Å². The van der Waals surface area contributed by atoms with E-state index < -0.39 is 0 Å². The molecule has 2 aliphatic heterocycles. The molecule has 180 valence electrons. The fourth-order valence-electron chi connectivity index (χ4n) is 5.34. The van der Waals surface area contributed by atoms with Crippen LogP contribution < -0.4 is 19.5 Å². The molecular weight excluding hydrogens is 434 g/mol. The van der Waals surface area contributed by atoms with E-state index >= 15 is 0 Å². The summed E-state index contributed by atoms with van der Waals surface area (Å²) in [5, 5.41) is 3.11. The molecule has 0 unspecified atom stereocenters. The van der Waals surface area contributed by atoms with Crippen LogP contribution in [0.25, 0.3) is 0 Å². The van der Waals surface area contributed by atoms with Crippen molar-refractivity contribution in [1.82, 2.24) is 9.80 Å². The van der Waals surface area contributed by atoms with Gasteiger partial charge >= 0.3 is 0 Å². The summed E-state index contributed by atoms with van der Waals surface area (Å²) in [5.41, 5.74) is 1.29. The second-order valence-corrected chi connectivity index (χ2v) is 9.08. The van der Waals surface area contributed by atoms with E-state index in [2.05, 4.69) is 10.2 Å². The highest BCUT2D eigenvalue weighted by atomic mass is 16.7. The number of anilines is 1. The molecule has 2 fully saturated rings. The third-order valence-corrected chi connectivity index (χ3v) is 7.09. The topological polar surface area (TPSA) is 80.3 Å². The van der Waals surface area contributed by atoms with Gasteiger partial charge < -0.3 is 24.4 Å². The number of hydrogen-bond donors (Lipinski definition) is 1. The van der Waals surface area contributed by atoms with Crippen LogP contribution in [0, 0.1) is 5.92 Å². The number of nitrogens with one attached hydrogen (secondary N) is 1. The summed E-state index contributed by atoms with van der Waals surface area (Å²) in [5.74, 6) is 2.24. The van der Waals surface area contributed by atoms with E-state index in [1.807, 2.05) is 35.2 Å². The normalized spacial score (nSPS) is 19.1. The Morgan fingerprint density at radius 3 is 2.50 bits per heavy atom. The lowest BCUT2D eigenvalue weighted by atomic mass is 9.94. The van der Waals surface area contributed by atoms with Gasteiger partial charge in [-0.2, -0.15) is 0 Å². The Hall–Kier alpha value is -3.26. The molecule has 0 spiro atoms. The predicted octanol–water partition coefficient (Wildman–Crippen LogP) is 3.38. The van der Waals surface area contributed by atoms with E-state index in [9.17, 15) is 9.59 Å². The molecule has 3 aliphatic rings. The summed E-state index contributed by atoms with van der Waals surface area (Å²) >= 11 is 0. The first-order chi connectivity index (χ1) is 16.6. The molecule has 1 saturated carbocycles. The van der Waals surface area contributed by atoms with Crippen LogP contribution in [0.2, 0.25) is 0 Å². The van der Waals surface area contributed by atoms with Crippen LogP contribution in [0.4, 0.5) is 5.69 Å². The van der Waals surface area contributed by atoms with Gasteiger partial charge in [0.25, 0.3) is 5.91 Å². The van der Waals surface area contributed by atoms with Gasteiger partial charge in [-0.1, -0.05) is 25.0 Å². The van der Waals surface area contributed by atoms with Crippen LogP contribution in [-0.4, -0.2) is 67.7 Å². The molecule has 0 aromatic heterocycles. The molecule has 2 amide bonds. The van der Waals surface area contributed by atoms with Crippen molar-refractivity contribution in [2.24, 2.45) is 5.92 Å². The van der Waals surface area contributed by atoms with E-state index in [-0.39, 0.29) is 24.6 Å². The van der Waals surface area contributed by atoms with Crippen LogP contribution in [0.1, 0.15) is 36.0 Å². The second kappa shape index (κ2) is 9.93. The zero-order valence-electron chi connectivity index (χ0n) is 19.5. The molecule has 1 N–H and O–H groups in total. The number of nitrogens with zero attached hydrogens (tertiary/aromatic N) is 2. The molecule has 8 heteroatoms. The monoisotopic (exact) mass is 465 g/mol. The number of para-hydroxylation sites is 1. The maximum atomic E-state index is 13.5. The van der Waals surface area contributed by atoms with Crippen molar-refractivity contribution in [3.8, 4) is 17.2 Å². The van der Waals surface area contributed by atoms with Crippen LogP contribution in [0.15, 0.2) is 42.5 Å². The molecule has 1 atom stereocenters. The molecule has 0 radical (unpaired) electrons. The predicted molar refractivity (Wildman–Crippen MR) is 127 cm³/mol. The number of ether oxygens (including phenoxy) is 3. The summed E-state index contributed by atoms with van der Waals surface area (Å²) in [4.78, 5) is 30.7. The van der Waals surface area contributed by atoms with Crippen molar-refractivity contribution in [2.75, 3.05) is 45.4 Å². The minimum atomic E-state index is -0.212. The maximum absolute atomic E-state index is 13.5. The zero-order chi connectivity index (χ0) is 23.5. The molecule has 1 aliphatic carbocycles. The Labute approximate surface area is 199 Å². The Bertz CT molecular complexity index is 1040. The van der Waals surface area contributed by atoms with E-state index in [0.29, 0.717) is 60.6 Å². The summed E-state index contributed by atoms with van der Waals surface area (Å²) < 4.78 is 16.2. The van der Waals surface area contributed by atoms with Crippen LogP contribution >= 0.6 is 0 Å². The average molecular weight is 466 g/mol. The highest BCUT2D eigenvalue weighted by Gasteiger charge is 2.37. The number of piperazine rings is 1. The van der Waals surface area contributed by atoms with E-state index in [1.165, 1.54) is 0 Å². The Morgan fingerprint density at radius 2 is 1.74 bits per heavy atom. The van der Waals surface area contributed by atoms with Gasteiger partial charge in [-0.3, -0.25) is 14.5 Å². The molecule has 2 aromatic rings. The fourth-order valence-corrected chi connectivity index (χ4v) is 5.34. The highest BCUT2D eigenvalue weighted by molar-refractivity contribution is 5.97. The molecule has 2 heterocycles. The minimum absolute atomic E-state index is 0.00951. The molecular formula is C26H31N3O5. The molecule has 34 heavy (non-hydrogen) atoms. The van der Waals surface area contributed by atoms with Crippen molar-refractivity contribution in [1.29, 1.82) is 0 Å². The number of fused-ring (bicyclic) bond motifs is 1. The number of carbonyl (C=O) groups is 2. The number of carbonyl (C=O) groups excluding carboxylic acids is 2. The number of benzene rings is 2. The standard InChI is InChI=1S/C26H31N3O5/c1-32-21-9-5-4-8-20(21)26(31)29-14-12-28(13-15-29)24(18-6-2-3-7-18)25(30)27-19-10-11-22-23(16-19)34-17-33-22/h4-5,8-11,16,18,24H,2-3,6-7,12-15,17H2,1H3,(H,27,30)/t24-/m0/s1. The van der Waals surface area contributed by atoms with Gasteiger partial charge in [-0.15, -0.1) is 0 Å². The van der Waals surface area contributed by atoms with Crippen molar-refractivity contribution in [2.45, 2.75) is 31.7 Å². The third-order valence-electron chi connectivity index (χ3n) is 7.09. The van der Waals surface area contributed by atoms with Gasteiger partial charge in [0.1, 0.15) is 5.75 Å². The van der Waals surface area contributed by atoms with Gasteiger partial charge in [0, 0.05) is 37.9 Å². The lowest BCUT2D eigenvalue weighted by Crippen LogP contribution is -2.56. The second-order valence-electron chi connectivity index (χ2n) is 9.08. The number of rotatable bonds is 6. The first-order valence-electron chi connectivity index (χ1n) is 12.0. The molecule has 0 bridgehead atoms. The van der Waals surface area contributed by atoms with E-state index in [4.69, 9.17) is 14.2 Å². The molecule has 8 nitrogen and oxygen atoms in total. The van der Waals surface area contributed by atoms with Crippen molar-refractivity contribution in [3.05, 3.63) is 48.0 Å².